The molecule has 2 aromatic rings. The number of rotatable bonds is 5. The van der Waals surface area contributed by atoms with Crippen LogP contribution in [0.5, 0.6) is 0 Å². The number of allylic oxidation sites excluding steroid dienone is 8. The molecule has 0 atom stereocenters. The van der Waals surface area contributed by atoms with Crippen molar-refractivity contribution in [2.45, 2.75) is 19.3 Å². The maximum absolute atomic E-state index is 2.38. The molecule has 0 nitrogen and oxygen atoms in total. The van der Waals surface area contributed by atoms with Gasteiger partial charge in [-0.2, -0.15) is 0 Å². The molecule has 4 rings (SSSR count). The van der Waals surface area contributed by atoms with E-state index in [2.05, 4.69) is 91.0 Å². The van der Waals surface area contributed by atoms with Gasteiger partial charge in [0.2, 0.25) is 0 Å². The predicted octanol–water partition coefficient (Wildman–Crippen LogP) is 6.67. The van der Waals surface area contributed by atoms with Crippen LogP contribution in [0.1, 0.15) is 30.4 Å². The van der Waals surface area contributed by atoms with E-state index >= 15 is 0 Å². The molecule has 0 amide bonds. The van der Waals surface area contributed by atoms with Crippen molar-refractivity contribution in [1.82, 2.24) is 0 Å². The molecular weight excluding hydrogens is 450 g/mol. The minimum atomic E-state index is -0.834. The maximum Gasteiger partial charge on any atom is -0.147 e. The fourth-order valence-electron chi connectivity index (χ4n) is 3.39. The van der Waals surface area contributed by atoms with Crippen LogP contribution in [0.4, 0.5) is 0 Å². The van der Waals surface area contributed by atoms with E-state index in [1.807, 2.05) is 0 Å². The van der Waals surface area contributed by atoms with E-state index in [9.17, 15) is 0 Å². The van der Waals surface area contributed by atoms with Crippen molar-refractivity contribution >= 4 is 28.0 Å². The fourth-order valence-corrected chi connectivity index (χ4v) is 7.01. The van der Waals surface area contributed by atoms with Crippen LogP contribution in [0, 0.1) is 0 Å². The van der Waals surface area contributed by atoms with Crippen molar-refractivity contribution in [1.29, 1.82) is 0 Å². The van der Waals surface area contributed by atoms with Crippen LogP contribution >= 0.6 is 24.8 Å². The Kier molecular flexibility index (Phi) is 8.90. The molecule has 2 aromatic carbocycles. The number of hydrogen-bond acceptors (Lipinski definition) is 0. The molecule has 27 heavy (non-hydrogen) atoms. The Hall–Kier alpha value is -1.27. The van der Waals surface area contributed by atoms with E-state index in [4.69, 9.17) is 0 Å². The fraction of sp³-hybridized carbons (Fsp3) is 0.125. The second kappa shape index (κ2) is 10.9. The molecular formula is C24H23Cl2Zr. The first-order chi connectivity index (χ1) is 12.4. The molecule has 2 aliphatic carbocycles. The normalized spacial score (nSPS) is 14.3. The molecule has 0 bridgehead atoms. The topological polar surface area (TPSA) is 0 Å². The van der Waals surface area contributed by atoms with Crippen molar-refractivity contribution < 1.29 is 22.8 Å². The molecule has 0 aliphatic heterocycles. The molecule has 0 heterocycles. The third-order valence-corrected chi connectivity index (χ3v) is 8.76. The van der Waals surface area contributed by atoms with Gasteiger partial charge in [-0.25, -0.2) is 0 Å². The first-order valence-electron chi connectivity index (χ1n) is 8.88. The molecule has 0 saturated heterocycles. The summed E-state index contributed by atoms with van der Waals surface area (Å²) in [5.74, 6) is 0. The first kappa shape index (κ1) is 22.0. The van der Waals surface area contributed by atoms with Gasteiger partial charge < -0.3 is 0 Å². The average Bonchev–Trinajstić information content (AvgIpc) is 3.34. The number of benzene rings is 2. The van der Waals surface area contributed by atoms with Gasteiger partial charge in [0.15, 0.2) is 0 Å². The molecule has 0 spiro atoms. The first-order valence-corrected chi connectivity index (χ1v) is 11.3. The summed E-state index contributed by atoms with van der Waals surface area (Å²) in [6.07, 6.45) is 14.9. The maximum atomic E-state index is 2.38. The Balaban J connectivity index is 0.00000131. The van der Waals surface area contributed by atoms with Crippen molar-refractivity contribution in [2.75, 3.05) is 0 Å². The monoisotopic (exact) mass is 471 g/mol. The van der Waals surface area contributed by atoms with Crippen molar-refractivity contribution in [3.8, 4) is 0 Å². The average molecular weight is 474 g/mol. The van der Waals surface area contributed by atoms with Gasteiger partial charge in [-0.05, 0) is 0 Å². The van der Waals surface area contributed by atoms with Gasteiger partial charge >= 0.3 is 162 Å². The summed E-state index contributed by atoms with van der Waals surface area (Å²) in [6, 6.07) is 22.0. The molecule has 0 unspecified atom stereocenters. The third-order valence-electron chi connectivity index (χ3n) is 4.70. The van der Waals surface area contributed by atoms with Crippen LogP contribution in [0.15, 0.2) is 105 Å². The van der Waals surface area contributed by atoms with Crippen LogP contribution in [0.3, 0.4) is 0 Å². The molecule has 2 aliphatic rings. The smallest absolute Gasteiger partial charge is 0.147 e. The number of halogens is 2. The van der Waals surface area contributed by atoms with E-state index in [1.165, 1.54) is 11.1 Å². The van der Waals surface area contributed by atoms with Crippen molar-refractivity contribution in [3.05, 3.63) is 117 Å². The second-order valence-electron chi connectivity index (χ2n) is 6.48. The van der Waals surface area contributed by atoms with Gasteiger partial charge in [0.25, 0.3) is 0 Å². The quantitative estimate of drug-likeness (QED) is 0.455. The van der Waals surface area contributed by atoms with E-state index in [1.54, 1.807) is 17.6 Å². The van der Waals surface area contributed by atoms with Gasteiger partial charge in [-0.1, -0.05) is 0 Å². The summed E-state index contributed by atoms with van der Waals surface area (Å²) in [5.41, 5.74) is 5.95. The van der Waals surface area contributed by atoms with Crippen LogP contribution < -0.4 is 0 Å². The zero-order chi connectivity index (χ0) is 16.9. The molecule has 0 aromatic heterocycles. The molecule has 3 heteroatoms. The van der Waals surface area contributed by atoms with Crippen LogP contribution in [0.25, 0.3) is 0 Å². The summed E-state index contributed by atoms with van der Waals surface area (Å²) >= 11 is -0.834. The Morgan fingerprint density at radius 3 is 1.96 bits per heavy atom. The Labute approximate surface area is 185 Å². The molecule has 0 radical (unpaired) electrons. The Bertz CT molecular complexity index is 862. The standard InChI is InChI=1S/C13H10.C11H11.2ClH.Zr/c1-3-7-12(8-4-1)11-13-9-5-2-6-10-13;1-2-6-10(5-1)9-11-7-3-4-8-11;;;/h1-10H;1-3,5,7H,4,6,9H2;2*1H;. The van der Waals surface area contributed by atoms with Gasteiger partial charge in [0, 0.05) is 0 Å². The van der Waals surface area contributed by atoms with Gasteiger partial charge in [-0.3, -0.25) is 0 Å². The largest absolute Gasteiger partial charge is 0.147 e. The van der Waals surface area contributed by atoms with Gasteiger partial charge in [-0.15, -0.1) is 24.8 Å². The molecule has 0 fully saturated rings. The van der Waals surface area contributed by atoms with E-state index in [0.717, 1.165) is 19.3 Å². The SMILES string of the molecule is C1=CCC(CC2=[C]([Zr]=[C](c3ccccc3)c3ccccc3)CC=C2)=C1.Cl.Cl. The molecule has 0 N–H and O–H groups in total. The Morgan fingerprint density at radius 2 is 1.41 bits per heavy atom. The summed E-state index contributed by atoms with van der Waals surface area (Å²) in [5, 5.41) is 0. The van der Waals surface area contributed by atoms with Gasteiger partial charge in [0.1, 0.15) is 0 Å². The third kappa shape index (κ3) is 5.61. The van der Waals surface area contributed by atoms with Crippen LogP contribution in [-0.4, -0.2) is 3.21 Å². The number of hydrogen-bond donors (Lipinski definition) is 0. The summed E-state index contributed by atoms with van der Waals surface area (Å²) in [6.45, 7) is 0. The van der Waals surface area contributed by atoms with E-state index in [0.29, 0.717) is 0 Å². The van der Waals surface area contributed by atoms with E-state index in [-0.39, 0.29) is 24.8 Å². The molecule has 137 valence electrons. The zero-order valence-corrected chi connectivity index (χ0v) is 19.2. The summed E-state index contributed by atoms with van der Waals surface area (Å²) in [7, 11) is 0. The van der Waals surface area contributed by atoms with E-state index < -0.39 is 22.8 Å². The summed E-state index contributed by atoms with van der Waals surface area (Å²) in [4.78, 5) is 0. The summed E-state index contributed by atoms with van der Waals surface area (Å²) < 4.78 is 3.33. The van der Waals surface area contributed by atoms with Gasteiger partial charge in [0.05, 0.1) is 0 Å². The van der Waals surface area contributed by atoms with Crippen LogP contribution in [0.2, 0.25) is 0 Å². The second-order valence-corrected chi connectivity index (χ2v) is 9.80. The Morgan fingerprint density at radius 1 is 0.778 bits per heavy atom. The van der Waals surface area contributed by atoms with Crippen LogP contribution in [-0.2, 0) is 22.8 Å². The molecule has 0 saturated carbocycles. The minimum absolute atomic E-state index is 0. The minimum Gasteiger partial charge on any atom is -0.147 e. The van der Waals surface area contributed by atoms with Crippen molar-refractivity contribution in [2.24, 2.45) is 0 Å². The predicted molar refractivity (Wildman–Crippen MR) is 118 cm³/mol. The zero-order valence-electron chi connectivity index (χ0n) is 15.1. The van der Waals surface area contributed by atoms with Crippen molar-refractivity contribution in [3.63, 3.8) is 0 Å².